The van der Waals surface area contributed by atoms with Crippen molar-refractivity contribution in [1.29, 1.82) is 0 Å². The third-order valence-corrected chi connectivity index (χ3v) is 10.5. The molecule has 258 valence electrons. The van der Waals surface area contributed by atoms with Crippen molar-refractivity contribution >= 4 is 43.8 Å². The first-order valence-corrected chi connectivity index (χ1v) is 18.4. The number of hydrogen-bond acceptors (Lipinski definition) is 11. The number of hydrogen-bond donors (Lipinski definition) is 1. The van der Waals surface area contributed by atoms with Crippen LogP contribution in [0.15, 0.2) is 58.3 Å². The van der Waals surface area contributed by atoms with E-state index in [2.05, 4.69) is 0 Å². The Balaban J connectivity index is 0.000000256. The smallest absolute Gasteiger partial charge is 0.409 e. The molecule has 2 amide bonds. The first-order valence-electron chi connectivity index (χ1n) is 14.6. The molecule has 0 spiro atoms. The van der Waals surface area contributed by atoms with E-state index in [4.69, 9.17) is 14.2 Å². The van der Waals surface area contributed by atoms with Crippen molar-refractivity contribution in [1.82, 2.24) is 9.80 Å². The summed E-state index contributed by atoms with van der Waals surface area (Å²) in [5.74, 6) is -2.06. The molecule has 0 radical (unpaired) electrons. The van der Waals surface area contributed by atoms with E-state index in [-0.39, 0.29) is 40.7 Å². The number of esters is 1. The van der Waals surface area contributed by atoms with Crippen LogP contribution in [-0.4, -0.2) is 103 Å². The number of piperidine rings is 2. The molecule has 0 bridgehead atoms. The normalized spacial score (nSPS) is 21.5. The third-order valence-electron chi connectivity index (χ3n) is 8.29. The zero-order valence-electron chi connectivity index (χ0n) is 26.8. The highest BCUT2D eigenvalue weighted by Crippen LogP contribution is 2.36. The number of methoxy groups -OCH3 is 3. The number of ether oxygens (including phenoxy) is 3. The predicted octanol–water partition coefficient (Wildman–Crippen LogP) is 3.48. The molecule has 2 saturated heterocycles. The molecule has 0 aliphatic carbocycles. The first-order chi connectivity index (χ1) is 22.0. The van der Waals surface area contributed by atoms with Gasteiger partial charge in [0.25, 0.3) is 0 Å². The maximum absolute atomic E-state index is 12.0. The van der Waals surface area contributed by atoms with E-state index in [9.17, 15) is 41.1 Å². The summed E-state index contributed by atoms with van der Waals surface area (Å²) >= 11 is 0. The Labute approximate surface area is 274 Å². The molecule has 4 atom stereocenters. The monoisotopic (exact) mass is 696 g/mol. The number of carbonyl (C=O) groups is 4. The molecule has 2 fully saturated rings. The van der Waals surface area contributed by atoms with Gasteiger partial charge in [-0.1, -0.05) is 24.3 Å². The largest absolute Gasteiger partial charge is 0.481 e. The lowest BCUT2D eigenvalue weighted by molar-refractivity contribution is -0.147. The first kappa shape index (κ1) is 37.3. The number of amides is 2. The van der Waals surface area contributed by atoms with Gasteiger partial charge in [-0.05, 0) is 61.1 Å². The van der Waals surface area contributed by atoms with Crippen LogP contribution in [0.3, 0.4) is 0 Å². The number of carboxylic acids is 1. The summed E-state index contributed by atoms with van der Waals surface area (Å²) in [6.45, 7) is 0.646. The molecule has 1 N–H and O–H groups in total. The molecule has 2 aromatic carbocycles. The Bertz CT molecular complexity index is 1660. The van der Waals surface area contributed by atoms with Crippen molar-refractivity contribution in [2.24, 2.45) is 11.8 Å². The minimum Gasteiger partial charge on any atom is -0.481 e. The number of benzene rings is 2. The molecular weight excluding hydrogens is 656 g/mol. The van der Waals surface area contributed by atoms with Crippen LogP contribution in [0, 0.1) is 11.8 Å². The molecule has 2 aromatic rings. The summed E-state index contributed by atoms with van der Waals surface area (Å²) in [5, 5.41) is 9.22. The zero-order valence-corrected chi connectivity index (χ0v) is 28.5. The highest BCUT2D eigenvalue weighted by molar-refractivity contribution is 7.91. The molecule has 2 aliphatic rings. The van der Waals surface area contributed by atoms with Gasteiger partial charge in [0.2, 0.25) is 0 Å². The van der Waals surface area contributed by atoms with Crippen LogP contribution in [0.25, 0.3) is 0 Å². The van der Waals surface area contributed by atoms with Crippen LogP contribution in [0.4, 0.5) is 9.59 Å². The number of rotatable bonds is 6. The Morgan fingerprint density at radius 3 is 1.32 bits per heavy atom. The Hall–Kier alpha value is -4.18. The number of sulfone groups is 2. The SMILES string of the molecule is COC(=O)C1CCN(C(=O)OC)C(c2ccc(S(C)(=O)=O)cc2)C1.COC(=O)N1CCC(C(=O)O)CC1c1ccc(S(C)(=O)=O)cc1. The van der Waals surface area contributed by atoms with E-state index in [0.29, 0.717) is 31.4 Å². The molecular formula is C31H40N2O12S2. The van der Waals surface area contributed by atoms with Crippen molar-refractivity contribution in [3.63, 3.8) is 0 Å². The zero-order chi connectivity index (χ0) is 35.1. The van der Waals surface area contributed by atoms with Gasteiger partial charge in [0, 0.05) is 25.6 Å². The van der Waals surface area contributed by atoms with E-state index in [1.807, 2.05) is 0 Å². The predicted molar refractivity (Wildman–Crippen MR) is 168 cm³/mol. The van der Waals surface area contributed by atoms with Gasteiger partial charge in [-0.3, -0.25) is 9.59 Å². The lowest BCUT2D eigenvalue weighted by atomic mass is 9.87. The van der Waals surface area contributed by atoms with Crippen LogP contribution in [0.2, 0.25) is 0 Å². The number of nitrogens with zero attached hydrogens (tertiary/aromatic N) is 2. The van der Waals surface area contributed by atoms with Crippen molar-refractivity contribution in [3.05, 3.63) is 59.7 Å². The fourth-order valence-electron chi connectivity index (χ4n) is 5.71. The average molecular weight is 697 g/mol. The minimum absolute atomic E-state index is 0.177. The second kappa shape index (κ2) is 15.6. The van der Waals surface area contributed by atoms with E-state index >= 15 is 0 Å². The number of carbonyl (C=O) groups excluding carboxylic acids is 3. The van der Waals surface area contributed by atoms with Crippen molar-refractivity contribution in [2.45, 2.75) is 47.6 Å². The fourth-order valence-corrected chi connectivity index (χ4v) is 6.97. The van der Waals surface area contributed by atoms with E-state index in [1.165, 1.54) is 50.5 Å². The highest BCUT2D eigenvalue weighted by atomic mass is 32.2. The van der Waals surface area contributed by atoms with Gasteiger partial charge in [0.15, 0.2) is 19.7 Å². The maximum Gasteiger partial charge on any atom is 0.409 e. The topological polar surface area (TPSA) is 191 Å². The fraction of sp³-hybridized carbons (Fsp3) is 0.484. The molecule has 4 unspecified atom stereocenters. The quantitative estimate of drug-likeness (QED) is 0.342. The average Bonchev–Trinajstić information content (AvgIpc) is 3.06. The van der Waals surface area contributed by atoms with Gasteiger partial charge >= 0.3 is 24.1 Å². The van der Waals surface area contributed by atoms with Crippen LogP contribution in [0.5, 0.6) is 0 Å². The van der Waals surface area contributed by atoms with E-state index in [0.717, 1.165) is 18.1 Å². The summed E-state index contributed by atoms with van der Waals surface area (Å²) in [6, 6.07) is 11.7. The van der Waals surface area contributed by atoms with Gasteiger partial charge in [-0.25, -0.2) is 26.4 Å². The lowest BCUT2D eigenvalue weighted by Gasteiger charge is -2.37. The van der Waals surface area contributed by atoms with Crippen molar-refractivity contribution < 1.29 is 55.3 Å². The Morgan fingerprint density at radius 2 is 1.00 bits per heavy atom. The van der Waals surface area contributed by atoms with Crippen LogP contribution < -0.4 is 0 Å². The lowest BCUT2D eigenvalue weighted by Crippen LogP contribution is -2.42. The molecule has 0 saturated carbocycles. The van der Waals surface area contributed by atoms with Crippen LogP contribution >= 0.6 is 0 Å². The van der Waals surface area contributed by atoms with Crippen LogP contribution in [-0.2, 0) is 43.5 Å². The molecule has 16 heteroatoms. The van der Waals surface area contributed by atoms with Gasteiger partial charge in [0.05, 0.1) is 55.0 Å². The van der Waals surface area contributed by atoms with Gasteiger partial charge in [-0.15, -0.1) is 0 Å². The number of likely N-dealkylation sites (tertiary alicyclic amines) is 2. The molecule has 2 heterocycles. The van der Waals surface area contributed by atoms with Crippen molar-refractivity contribution in [2.75, 3.05) is 46.9 Å². The summed E-state index contributed by atoms with van der Waals surface area (Å²) in [5.41, 5.74) is 1.44. The van der Waals surface area contributed by atoms with Crippen molar-refractivity contribution in [3.8, 4) is 0 Å². The molecule has 4 rings (SSSR count). The third kappa shape index (κ3) is 9.44. The van der Waals surface area contributed by atoms with E-state index < -0.39 is 49.8 Å². The highest BCUT2D eigenvalue weighted by Gasteiger charge is 2.37. The Kier molecular flexibility index (Phi) is 12.4. The maximum atomic E-state index is 12.0. The molecule has 0 aromatic heterocycles. The Morgan fingerprint density at radius 1 is 0.638 bits per heavy atom. The second-order valence-corrected chi connectivity index (χ2v) is 15.4. The number of carboxylic acid groups (broad SMARTS) is 1. The summed E-state index contributed by atoms with van der Waals surface area (Å²) in [4.78, 5) is 50.4. The van der Waals surface area contributed by atoms with E-state index in [1.54, 1.807) is 29.2 Å². The van der Waals surface area contributed by atoms with Gasteiger partial charge < -0.3 is 29.1 Å². The molecule has 14 nitrogen and oxygen atoms in total. The summed E-state index contributed by atoms with van der Waals surface area (Å²) in [6.07, 6.45) is 2.78. The second-order valence-electron chi connectivity index (χ2n) is 11.3. The molecule has 2 aliphatic heterocycles. The standard InChI is InChI=1S/C16H21NO6S.C15H19NO6S/c1-22-15(18)12-8-9-17(16(19)23-2)14(10-12)11-4-6-13(7-5-11)24(3,20)21;1-22-15(19)16-8-7-11(14(17)18)9-13(16)10-3-5-12(6-4-10)23(2,20)21/h4-7,12,14H,8-10H2,1-3H3;3-6,11,13H,7-9H2,1-2H3,(H,17,18). The van der Waals surface area contributed by atoms with Gasteiger partial charge in [-0.2, -0.15) is 0 Å². The summed E-state index contributed by atoms with van der Waals surface area (Å²) < 4.78 is 60.6. The van der Waals surface area contributed by atoms with Gasteiger partial charge in [0.1, 0.15) is 0 Å². The van der Waals surface area contributed by atoms with Crippen LogP contribution in [0.1, 0.15) is 48.9 Å². The molecule has 47 heavy (non-hydrogen) atoms. The number of aliphatic carboxylic acids is 1. The minimum atomic E-state index is -3.31. The summed E-state index contributed by atoms with van der Waals surface area (Å²) in [7, 11) is -2.69.